The van der Waals surface area contributed by atoms with E-state index in [1.54, 1.807) is 4.90 Å². The Morgan fingerprint density at radius 3 is 2.24 bits per heavy atom. The van der Waals surface area contributed by atoms with E-state index in [1.807, 2.05) is 106 Å². The topological polar surface area (TPSA) is 51.1 Å². The van der Waals surface area contributed by atoms with Crippen molar-refractivity contribution in [3.8, 4) is 11.5 Å². The molecule has 5 nitrogen and oxygen atoms in total. The zero-order valence-electron chi connectivity index (χ0n) is 19.6. The average Bonchev–Trinajstić information content (AvgIpc) is 3.16. The van der Waals surface area contributed by atoms with Gasteiger partial charge in [0, 0.05) is 0 Å². The number of carbonyl (C=O) groups is 1. The number of para-hydroxylation sites is 1. The van der Waals surface area contributed by atoms with E-state index in [4.69, 9.17) is 14.5 Å². The largest absolute Gasteiger partial charge is 0.490 e. The first-order valence-corrected chi connectivity index (χ1v) is 12.2. The fourth-order valence-corrected chi connectivity index (χ4v) is 4.78. The number of amidine groups is 1. The van der Waals surface area contributed by atoms with Gasteiger partial charge in [-0.2, -0.15) is 0 Å². The summed E-state index contributed by atoms with van der Waals surface area (Å²) >= 11 is 1.39. The van der Waals surface area contributed by atoms with Crippen molar-refractivity contribution in [3.05, 3.63) is 94.9 Å². The number of aliphatic imine (C=N–C) groups is 1. The molecular weight excluding hydrogens is 444 g/mol. The van der Waals surface area contributed by atoms with Gasteiger partial charge in [-0.15, -0.1) is 0 Å². The summed E-state index contributed by atoms with van der Waals surface area (Å²) in [6, 6.07) is 25.3. The predicted octanol–water partition coefficient (Wildman–Crippen LogP) is 6.85. The lowest BCUT2D eigenvalue weighted by Gasteiger charge is -2.24. The fraction of sp³-hybridized carbons (Fsp3) is 0.214. The highest BCUT2D eigenvalue weighted by Gasteiger charge is 2.37. The van der Waals surface area contributed by atoms with Gasteiger partial charge in [-0.3, -0.25) is 9.69 Å². The van der Waals surface area contributed by atoms with E-state index >= 15 is 0 Å². The van der Waals surface area contributed by atoms with Gasteiger partial charge in [0.15, 0.2) is 16.7 Å². The van der Waals surface area contributed by atoms with Gasteiger partial charge >= 0.3 is 0 Å². The van der Waals surface area contributed by atoms with Crippen molar-refractivity contribution in [3.63, 3.8) is 0 Å². The summed E-state index contributed by atoms with van der Waals surface area (Å²) < 4.78 is 11.4. The number of thioether (sulfide) groups is 1. The Morgan fingerprint density at radius 1 is 0.912 bits per heavy atom. The average molecular weight is 473 g/mol. The Labute approximate surface area is 205 Å². The van der Waals surface area contributed by atoms with Gasteiger partial charge in [0.25, 0.3) is 5.91 Å². The highest BCUT2D eigenvalue weighted by atomic mass is 32.2. The SMILES string of the molecule is CCOc1ccc(/C=C2/SC(=Nc3ccccc3)N([C@H](C)c3ccccc3)C2=O)cc1OCC. The number of rotatable bonds is 8. The summed E-state index contributed by atoms with van der Waals surface area (Å²) in [6.07, 6.45) is 1.89. The van der Waals surface area contributed by atoms with Crippen molar-refractivity contribution in [2.45, 2.75) is 26.8 Å². The molecule has 0 saturated carbocycles. The van der Waals surface area contributed by atoms with E-state index in [2.05, 4.69) is 0 Å². The lowest BCUT2D eigenvalue weighted by Crippen LogP contribution is -2.32. The summed E-state index contributed by atoms with van der Waals surface area (Å²) in [4.78, 5) is 20.8. The Kier molecular flexibility index (Phi) is 7.70. The minimum absolute atomic E-state index is 0.0668. The molecule has 6 heteroatoms. The number of hydrogen-bond donors (Lipinski definition) is 0. The number of amides is 1. The third-order valence-electron chi connectivity index (χ3n) is 5.35. The van der Waals surface area contributed by atoms with Crippen LogP contribution in [0.1, 0.15) is 37.9 Å². The molecule has 3 aromatic rings. The monoisotopic (exact) mass is 472 g/mol. The van der Waals surface area contributed by atoms with Crippen molar-refractivity contribution in [1.82, 2.24) is 4.90 Å². The van der Waals surface area contributed by atoms with Crippen LogP contribution in [0, 0.1) is 0 Å². The number of ether oxygens (including phenoxy) is 2. The summed E-state index contributed by atoms with van der Waals surface area (Å²) in [5, 5.41) is 0.662. The molecule has 1 amide bonds. The summed E-state index contributed by atoms with van der Waals surface area (Å²) in [5.41, 5.74) is 2.73. The molecule has 1 saturated heterocycles. The van der Waals surface area contributed by atoms with Crippen LogP contribution < -0.4 is 9.47 Å². The summed E-state index contributed by atoms with van der Waals surface area (Å²) in [7, 11) is 0. The van der Waals surface area contributed by atoms with Gasteiger partial charge < -0.3 is 9.47 Å². The number of benzene rings is 3. The second-order valence-corrected chi connectivity index (χ2v) is 8.68. The van der Waals surface area contributed by atoms with E-state index < -0.39 is 0 Å². The van der Waals surface area contributed by atoms with E-state index in [0.717, 1.165) is 16.8 Å². The van der Waals surface area contributed by atoms with Gasteiger partial charge in [0.1, 0.15) is 0 Å². The Balaban J connectivity index is 1.72. The van der Waals surface area contributed by atoms with Crippen LogP contribution in [0.3, 0.4) is 0 Å². The Bertz CT molecular complexity index is 1190. The van der Waals surface area contributed by atoms with E-state index in [-0.39, 0.29) is 11.9 Å². The first-order valence-electron chi connectivity index (χ1n) is 11.4. The predicted molar refractivity (Wildman–Crippen MR) is 140 cm³/mol. The van der Waals surface area contributed by atoms with Crippen LogP contribution in [-0.4, -0.2) is 29.2 Å². The van der Waals surface area contributed by atoms with Gasteiger partial charge in [-0.1, -0.05) is 54.6 Å². The molecule has 3 aromatic carbocycles. The molecule has 0 unspecified atom stereocenters. The molecule has 174 valence electrons. The first-order chi connectivity index (χ1) is 16.6. The van der Waals surface area contributed by atoms with Crippen LogP contribution in [0.25, 0.3) is 6.08 Å². The molecule has 0 radical (unpaired) electrons. The quantitative estimate of drug-likeness (QED) is 0.337. The molecule has 0 spiro atoms. The van der Waals surface area contributed by atoms with Crippen LogP contribution in [0.2, 0.25) is 0 Å². The van der Waals surface area contributed by atoms with Crippen LogP contribution in [0.15, 0.2) is 88.8 Å². The Hall–Kier alpha value is -3.51. The molecule has 1 heterocycles. The minimum Gasteiger partial charge on any atom is -0.490 e. The van der Waals surface area contributed by atoms with E-state index in [0.29, 0.717) is 34.8 Å². The maximum absolute atomic E-state index is 13.6. The smallest absolute Gasteiger partial charge is 0.267 e. The molecule has 0 aliphatic carbocycles. The van der Waals surface area contributed by atoms with Crippen LogP contribution >= 0.6 is 11.8 Å². The molecule has 0 N–H and O–H groups in total. The standard InChI is InChI=1S/C28H28N2O3S/c1-4-32-24-17-16-21(18-25(24)33-5-2)19-26-27(31)30(20(3)22-12-8-6-9-13-22)28(34-26)29-23-14-10-7-11-15-23/h6-20H,4-5H2,1-3H3/b26-19+,29-28?/t20-/m1/s1. The molecular formula is C28H28N2O3S. The maximum atomic E-state index is 13.6. The molecule has 1 fully saturated rings. The van der Waals surface area contributed by atoms with E-state index in [1.165, 1.54) is 11.8 Å². The Morgan fingerprint density at radius 2 is 1.56 bits per heavy atom. The number of hydrogen-bond acceptors (Lipinski definition) is 5. The fourth-order valence-electron chi connectivity index (χ4n) is 3.71. The lowest BCUT2D eigenvalue weighted by molar-refractivity contribution is -0.123. The normalized spacial score (nSPS) is 16.8. The van der Waals surface area contributed by atoms with Crippen LogP contribution in [-0.2, 0) is 4.79 Å². The van der Waals surface area contributed by atoms with Crippen molar-refractivity contribution in [2.24, 2.45) is 4.99 Å². The second kappa shape index (κ2) is 11.1. The summed E-state index contributed by atoms with van der Waals surface area (Å²) in [6.45, 7) is 6.99. The number of carbonyl (C=O) groups excluding carboxylic acids is 1. The van der Waals surface area contributed by atoms with Gasteiger partial charge in [0.05, 0.1) is 29.8 Å². The van der Waals surface area contributed by atoms with Crippen molar-refractivity contribution in [1.29, 1.82) is 0 Å². The van der Waals surface area contributed by atoms with Crippen molar-refractivity contribution < 1.29 is 14.3 Å². The van der Waals surface area contributed by atoms with Crippen molar-refractivity contribution in [2.75, 3.05) is 13.2 Å². The van der Waals surface area contributed by atoms with Crippen LogP contribution in [0.4, 0.5) is 5.69 Å². The third kappa shape index (κ3) is 5.34. The summed E-state index contributed by atoms with van der Waals surface area (Å²) in [5.74, 6) is 1.30. The zero-order chi connectivity index (χ0) is 23.9. The highest BCUT2D eigenvalue weighted by Crippen LogP contribution is 2.40. The van der Waals surface area contributed by atoms with Crippen molar-refractivity contribution >= 4 is 34.6 Å². The van der Waals surface area contributed by atoms with Crippen LogP contribution in [0.5, 0.6) is 11.5 Å². The van der Waals surface area contributed by atoms with Gasteiger partial charge in [-0.25, -0.2) is 4.99 Å². The maximum Gasteiger partial charge on any atom is 0.267 e. The highest BCUT2D eigenvalue weighted by molar-refractivity contribution is 8.18. The lowest BCUT2D eigenvalue weighted by atomic mass is 10.1. The van der Waals surface area contributed by atoms with Gasteiger partial charge in [0.2, 0.25) is 0 Å². The third-order valence-corrected chi connectivity index (χ3v) is 6.34. The van der Waals surface area contributed by atoms with E-state index in [9.17, 15) is 4.79 Å². The molecule has 1 aliphatic rings. The second-order valence-electron chi connectivity index (χ2n) is 7.67. The molecule has 34 heavy (non-hydrogen) atoms. The molecule has 0 bridgehead atoms. The van der Waals surface area contributed by atoms with Gasteiger partial charge in [-0.05, 0) is 74.0 Å². The first kappa shape index (κ1) is 23.6. The molecule has 1 aliphatic heterocycles. The zero-order valence-corrected chi connectivity index (χ0v) is 20.4. The number of nitrogens with zero attached hydrogens (tertiary/aromatic N) is 2. The molecule has 4 rings (SSSR count). The minimum atomic E-state index is -0.158. The molecule has 1 atom stereocenters. The molecule has 0 aromatic heterocycles.